The van der Waals surface area contributed by atoms with Crippen LogP contribution in [0.2, 0.25) is 0 Å². The van der Waals surface area contributed by atoms with Gasteiger partial charge in [-0.3, -0.25) is 4.79 Å². The van der Waals surface area contributed by atoms with E-state index in [0.29, 0.717) is 6.04 Å². The summed E-state index contributed by atoms with van der Waals surface area (Å²) in [5.41, 5.74) is 1.96. The van der Waals surface area contributed by atoms with Crippen LogP contribution in [0.1, 0.15) is 30.3 Å². The van der Waals surface area contributed by atoms with E-state index >= 15 is 0 Å². The number of hydrogen-bond donors (Lipinski definition) is 2. The summed E-state index contributed by atoms with van der Waals surface area (Å²) < 4.78 is 0.937. The molecule has 1 aliphatic rings. The van der Waals surface area contributed by atoms with Gasteiger partial charge in [0.05, 0.1) is 0 Å². The Morgan fingerprint density at radius 2 is 2.16 bits per heavy atom. The molecule has 8 heteroatoms. The van der Waals surface area contributed by atoms with Gasteiger partial charge in [-0.1, -0.05) is 23.1 Å². The van der Waals surface area contributed by atoms with Crippen molar-refractivity contribution in [2.24, 2.45) is 5.92 Å². The summed E-state index contributed by atoms with van der Waals surface area (Å²) in [5, 5.41) is 15.6. The second kappa shape index (κ2) is 8.98. The Balaban J connectivity index is 0.00000225. The number of benzene rings is 1. The fourth-order valence-corrected chi connectivity index (χ4v) is 4.75. The van der Waals surface area contributed by atoms with Crippen LogP contribution < -0.4 is 10.6 Å². The number of halogens is 1. The molecule has 1 amide bonds. The molecular weight excluding hydrogens is 376 g/mol. The molecule has 25 heavy (non-hydrogen) atoms. The average molecular weight is 399 g/mol. The van der Waals surface area contributed by atoms with Crippen molar-refractivity contribution in [3.05, 3.63) is 28.8 Å². The quantitative estimate of drug-likeness (QED) is 0.813. The van der Waals surface area contributed by atoms with Gasteiger partial charge in [0.25, 0.3) is 0 Å². The van der Waals surface area contributed by atoms with Gasteiger partial charge in [0, 0.05) is 22.5 Å². The molecule has 1 aliphatic heterocycles. The number of rotatable bonds is 4. The third-order valence-electron chi connectivity index (χ3n) is 4.16. The number of aryl methyl sites for hydroxylation is 2. The Hall–Kier alpha value is -1.15. The van der Waals surface area contributed by atoms with Crippen molar-refractivity contribution in [3.63, 3.8) is 0 Å². The predicted octanol–water partition coefficient (Wildman–Crippen LogP) is 4.05. The number of aromatic nitrogens is 2. The van der Waals surface area contributed by atoms with Gasteiger partial charge in [0.15, 0.2) is 4.34 Å². The summed E-state index contributed by atoms with van der Waals surface area (Å²) in [4.78, 5) is 13.6. The summed E-state index contributed by atoms with van der Waals surface area (Å²) >= 11 is 3.19. The van der Waals surface area contributed by atoms with E-state index in [1.165, 1.54) is 0 Å². The first kappa shape index (κ1) is 20.2. The van der Waals surface area contributed by atoms with E-state index in [1.54, 1.807) is 23.1 Å². The summed E-state index contributed by atoms with van der Waals surface area (Å²) in [7, 11) is 0. The highest BCUT2D eigenvalue weighted by Crippen LogP contribution is 2.32. The van der Waals surface area contributed by atoms with Crippen molar-refractivity contribution in [3.8, 4) is 0 Å². The lowest BCUT2D eigenvalue weighted by molar-refractivity contribution is -0.120. The van der Waals surface area contributed by atoms with Crippen LogP contribution in [0.15, 0.2) is 27.4 Å². The van der Waals surface area contributed by atoms with Gasteiger partial charge in [-0.25, -0.2) is 0 Å². The van der Waals surface area contributed by atoms with Crippen LogP contribution in [0.4, 0.5) is 5.69 Å². The zero-order valence-electron chi connectivity index (χ0n) is 14.5. The molecule has 1 saturated heterocycles. The van der Waals surface area contributed by atoms with E-state index in [0.717, 1.165) is 44.9 Å². The van der Waals surface area contributed by atoms with Crippen LogP contribution in [-0.2, 0) is 4.79 Å². The van der Waals surface area contributed by atoms with Crippen molar-refractivity contribution >= 4 is 47.1 Å². The molecule has 3 rings (SSSR count). The number of nitrogens with one attached hydrogen (secondary N) is 2. The first-order chi connectivity index (χ1) is 11.5. The van der Waals surface area contributed by atoms with Crippen molar-refractivity contribution in [2.45, 2.75) is 48.9 Å². The Morgan fingerprint density at radius 3 is 2.80 bits per heavy atom. The van der Waals surface area contributed by atoms with Crippen LogP contribution in [0.5, 0.6) is 0 Å². The highest BCUT2D eigenvalue weighted by Gasteiger charge is 2.24. The second-order valence-electron chi connectivity index (χ2n) is 6.23. The standard InChI is InChI=1S/C17H22N4OS2.ClH/c1-10-8-14(24-17-21-20-12(3)23-17)4-5-15(10)19-16(22)13-6-7-18-11(2)9-13;/h4-5,8,11,13,18H,6-7,9H2,1-3H3,(H,19,22);1H/t11-,13-;/m0./s1. The molecule has 0 saturated carbocycles. The Kier molecular flexibility index (Phi) is 7.25. The highest BCUT2D eigenvalue weighted by molar-refractivity contribution is 8.01. The summed E-state index contributed by atoms with van der Waals surface area (Å²) in [6, 6.07) is 6.50. The monoisotopic (exact) mass is 398 g/mol. The fourth-order valence-electron chi connectivity index (χ4n) is 2.87. The molecule has 2 atom stereocenters. The normalized spacial score (nSPS) is 20.0. The maximum absolute atomic E-state index is 12.5. The minimum atomic E-state index is 0. The molecular formula is C17H23ClN4OS2. The molecule has 0 unspecified atom stereocenters. The van der Waals surface area contributed by atoms with Crippen LogP contribution in [0.25, 0.3) is 0 Å². The Labute approximate surface area is 162 Å². The van der Waals surface area contributed by atoms with E-state index in [2.05, 4.69) is 33.8 Å². The summed E-state index contributed by atoms with van der Waals surface area (Å²) in [6.07, 6.45) is 1.80. The van der Waals surface area contributed by atoms with Gasteiger partial charge in [-0.05, 0) is 63.9 Å². The molecule has 0 spiro atoms. The van der Waals surface area contributed by atoms with E-state index in [4.69, 9.17) is 0 Å². The maximum atomic E-state index is 12.5. The number of carbonyl (C=O) groups excluding carboxylic acids is 1. The molecule has 2 heterocycles. The SMILES string of the molecule is Cc1nnc(Sc2ccc(NC(=O)[C@H]3CCN[C@@H](C)C3)c(C)c2)s1.Cl. The van der Waals surface area contributed by atoms with Crippen molar-refractivity contribution in [1.82, 2.24) is 15.5 Å². The van der Waals surface area contributed by atoms with Crippen LogP contribution in [-0.4, -0.2) is 28.7 Å². The molecule has 2 aromatic rings. The molecule has 5 nitrogen and oxygen atoms in total. The lowest BCUT2D eigenvalue weighted by atomic mass is 9.92. The predicted molar refractivity (Wildman–Crippen MR) is 106 cm³/mol. The second-order valence-corrected chi connectivity index (χ2v) is 8.73. The van der Waals surface area contributed by atoms with Crippen LogP contribution >= 0.6 is 35.5 Å². The largest absolute Gasteiger partial charge is 0.326 e. The number of nitrogens with zero attached hydrogens (tertiary/aromatic N) is 2. The fraction of sp³-hybridized carbons (Fsp3) is 0.471. The number of hydrogen-bond acceptors (Lipinski definition) is 6. The molecule has 1 aromatic heterocycles. The van der Waals surface area contributed by atoms with Gasteiger partial charge in [0.1, 0.15) is 5.01 Å². The first-order valence-corrected chi connectivity index (χ1v) is 9.77. The van der Waals surface area contributed by atoms with Gasteiger partial charge in [-0.2, -0.15) is 0 Å². The van der Waals surface area contributed by atoms with Crippen LogP contribution in [0.3, 0.4) is 0 Å². The third-order valence-corrected chi connectivity index (χ3v) is 6.04. The summed E-state index contributed by atoms with van der Waals surface area (Å²) in [6.45, 7) is 7.02. The smallest absolute Gasteiger partial charge is 0.227 e. The topological polar surface area (TPSA) is 66.9 Å². The van der Waals surface area contributed by atoms with Crippen molar-refractivity contribution in [1.29, 1.82) is 0 Å². The zero-order valence-corrected chi connectivity index (χ0v) is 17.0. The van der Waals surface area contributed by atoms with Crippen LogP contribution in [0, 0.1) is 19.8 Å². The average Bonchev–Trinajstić information content (AvgIpc) is 2.95. The Bertz CT molecular complexity index is 737. The lowest BCUT2D eigenvalue weighted by Crippen LogP contribution is -2.40. The molecule has 0 bridgehead atoms. The van der Waals surface area contributed by atoms with Gasteiger partial charge < -0.3 is 10.6 Å². The minimum absolute atomic E-state index is 0. The van der Waals surface area contributed by atoms with Crippen molar-refractivity contribution < 1.29 is 4.79 Å². The molecule has 2 N–H and O–H groups in total. The molecule has 136 valence electrons. The highest BCUT2D eigenvalue weighted by atomic mass is 35.5. The third kappa shape index (κ3) is 5.41. The number of anilines is 1. The number of piperidine rings is 1. The minimum Gasteiger partial charge on any atom is -0.326 e. The Morgan fingerprint density at radius 1 is 1.36 bits per heavy atom. The zero-order chi connectivity index (χ0) is 17.1. The molecule has 1 fully saturated rings. The van der Waals surface area contributed by atoms with E-state index in [-0.39, 0.29) is 24.2 Å². The number of carbonyl (C=O) groups is 1. The van der Waals surface area contributed by atoms with E-state index in [1.807, 2.05) is 26.0 Å². The first-order valence-electron chi connectivity index (χ1n) is 8.14. The molecule has 0 aliphatic carbocycles. The maximum Gasteiger partial charge on any atom is 0.227 e. The molecule has 0 radical (unpaired) electrons. The van der Waals surface area contributed by atoms with Gasteiger partial charge in [-0.15, -0.1) is 22.6 Å². The van der Waals surface area contributed by atoms with E-state index in [9.17, 15) is 4.79 Å². The van der Waals surface area contributed by atoms with Gasteiger partial charge >= 0.3 is 0 Å². The lowest BCUT2D eigenvalue weighted by Gasteiger charge is -2.27. The van der Waals surface area contributed by atoms with Gasteiger partial charge in [0.2, 0.25) is 5.91 Å². The number of amides is 1. The summed E-state index contributed by atoms with van der Waals surface area (Å²) in [5.74, 6) is 0.227. The van der Waals surface area contributed by atoms with Crippen molar-refractivity contribution in [2.75, 3.05) is 11.9 Å². The molecule has 1 aromatic carbocycles. The van der Waals surface area contributed by atoms with E-state index < -0.39 is 0 Å².